The van der Waals surface area contributed by atoms with Crippen LogP contribution in [-0.2, 0) is 13.6 Å². The zero-order valence-corrected chi connectivity index (χ0v) is 17.3. The molecule has 0 radical (unpaired) electrons. The van der Waals surface area contributed by atoms with E-state index in [0.717, 1.165) is 21.9 Å². The maximum Gasteiger partial charge on any atom is 0.357 e. The molecule has 2 aromatic carbocycles. The van der Waals surface area contributed by atoms with Crippen LogP contribution in [0.2, 0.25) is 0 Å². The molecule has 1 unspecified atom stereocenters. The van der Waals surface area contributed by atoms with Gasteiger partial charge >= 0.3 is 7.60 Å². The van der Waals surface area contributed by atoms with Crippen molar-refractivity contribution in [1.82, 2.24) is 0 Å². The summed E-state index contributed by atoms with van der Waals surface area (Å²) in [5, 5.41) is 3.32. The molecule has 2 rings (SSSR count). The third kappa shape index (κ3) is 5.27. The predicted octanol–water partition coefficient (Wildman–Crippen LogP) is 5.79. The minimum absolute atomic E-state index is 0.307. The van der Waals surface area contributed by atoms with Crippen LogP contribution < -0.4 is 10.1 Å². The van der Waals surface area contributed by atoms with Gasteiger partial charge in [-0.2, -0.15) is 0 Å². The molecule has 0 fully saturated rings. The van der Waals surface area contributed by atoms with Gasteiger partial charge in [-0.05, 0) is 62.1 Å². The van der Waals surface area contributed by atoms with Gasteiger partial charge in [0.2, 0.25) is 0 Å². The quantitative estimate of drug-likeness (QED) is 0.406. The molecule has 0 aliphatic rings. The van der Waals surface area contributed by atoms with E-state index in [1.807, 2.05) is 68.6 Å². The van der Waals surface area contributed by atoms with Gasteiger partial charge in [0.25, 0.3) is 0 Å². The Morgan fingerprint density at radius 3 is 2.04 bits per heavy atom. The van der Waals surface area contributed by atoms with Crippen LogP contribution in [0, 0.1) is 0 Å². The second-order valence-electron chi connectivity index (χ2n) is 5.42. The zero-order chi connectivity index (χ0) is 19.0. The number of ether oxygens (including phenoxy) is 1. The summed E-state index contributed by atoms with van der Waals surface area (Å²) in [6, 6.07) is 15.4. The summed E-state index contributed by atoms with van der Waals surface area (Å²) in [5.74, 6) is 0.154. The van der Waals surface area contributed by atoms with Crippen molar-refractivity contribution in [1.29, 1.82) is 0 Å². The summed E-state index contributed by atoms with van der Waals surface area (Å²) in [6.07, 6.45) is 2.02. The van der Waals surface area contributed by atoms with Gasteiger partial charge < -0.3 is 19.1 Å². The van der Waals surface area contributed by atoms with Crippen molar-refractivity contribution in [2.75, 3.05) is 31.9 Å². The Labute approximate surface area is 160 Å². The van der Waals surface area contributed by atoms with E-state index in [4.69, 9.17) is 13.8 Å². The fourth-order valence-electron chi connectivity index (χ4n) is 2.52. The molecule has 2 aromatic rings. The highest BCUT2D eigenvalue weighted by atomic mass is 32.2. The predicted molar refractivity (Wildman–Crippen MR) is 108 cm³/mol. The SMILES string of the molecule is CCOP(=O)(OCC)C(Nc1ccc(OC)cc1)c1ccc(SC)cc1. The van der Waals surface area contributed by atoms with Crippen LogP contribution in [0.3, 0.4) is 0 Å². The highest BCUT2D eigenvalue weighted by molar-refractivity contribution is 7.98. The van der Waals surface area contributed by atoms with Gasteiger partial charge in [-0.3, -0.25) is 4.57 Å². The fourth-order valence-corrected chi connectivity index (χ4v) is 4.87. The Balaban J connectivity index is 2.39. The highest BCUT2D eigenvalue weighted by Gasteiger charge is 2.37. The average Bonchev–Trinajstić information content (AvgIpc) is 2.67. The molecule has 7 heteroatoms. The van der Waals surface area contributed by atoms with Crippen LogP contribution in [0.5, 0.6) is 5.75 Å². The molecule has 0 aromatic heterocycles. The van der Waals surface area contributed by atoms with Crippen LogP contribution in [0.1, 0.15) is 25.2 Å². The molecule has 142 valence electrons. The number of benzene rings is 2. The normalized spacial score (nSPS) is 12.6. The number of methoxy groups -OCH3 is 1. The summed E-state index contributed by atoms with van der Waals surface area (Å²) in [7, 11) is -1.79. The van der Waals surface area contributed by atoms with E-state index >= 15 is 0 Å². The van der Waals surface area contributed by atoms with E-state index in [2.05, 4.69) is 5.32 Å². The van der Waals surface area contributed by atoms with E-state index < -0.39 is 13.4 Å². The maximum atomic E-state index is 13.5. The maximum absolute atomic E-state index is 13.5. The molecule has 0 saturated carbocycles. The molecule has 1 atom stereocenters. The summed E-state index contributed by atoms with van der Waals surface area (Å²) in [4.78, 5) is 1.14. The number of nitrogens with one attached hydrogen (secondary N) is 1. The smallest absolute Gasteiger partial charge is 0.357 e. The minimum Gasteiger partial charge on any atom is -0.497 e. The molecule has 26 heavy (non-hydrogen) atoms. The molecule has 1 N–H and O–H groups in total. The van der Waals surface area contributed by atoms with Gasteiger partial charge in [0, 0.05) is 10.6 Å². The molecule has 0 saturated heterocycles. The van der Waals surface area contributed by atoms with Gasteiger partial charge in [-0.25, -0.2) is 0 Å². The number of hydrogen-bond donors (Lipinski definition) is 1. The van der Waals surface area contributed by atoms with Crippen molar-refractivity contribution in [3.8, 4) is 5.75 Å². The summed E-state index contributed by atoms with van der Waals surface area (Å²) in [5.41, 5.74) is 1.66. The number of rotatable bonds is 10. The van der Waals surface area contributed by atoms with Crippen molar-refractivity contribution in [3.63, 3.8) is 0 Å². The number of thioether (sulfide) groups is 1. The summed E-state index contributed by atoms with van der Waals surface area (Å²) in [6.45, 7) is 4.24. The number of hydrogen-bond acceptors (Lipinski definition) is 6. The number of anilines is 1. The topological polar surface area (TPSA) is 56.8 Å². The Bertz CT molecular complexity index is 711. The molecule has 0 amide bonds. The first-order valence-electron chi connectivity index (χ1n) is 8.49. The second-order valence-corrected chi connectivity index (χ2v) is 8.42. The van der Waals surface area contributed by atoms with E-state index in [1.165, 1.54) is 0 Å². The molecule has 0 aliphatic heterocycles. The zero-order valence-electron chi connectivity index (χ0n) is 15.6. The Morgan fingerprint density at radius 1 is 1.00 bits per heavy atom. The standard InChI is InChI=1S/C19H26NO4PS/c1-5-23-25(21,24-6-2)19(15-7-13-18(26-4)14-8-15)20-16-9-11-17(22-3)12-10-16/h7-14,19-20H,5-6H2,1-4H3. The van der Waals surface area contributed by atoms with Crippen LogP contribution in [-0.4, -0.2) is 26.6 Å². The van der Waals surface area contributed by atoms with Crippen LogP contribution in [0.15, 0.2) is 53.4 Å². The third-order valence-corrected chi connectivity index (χ3v) is 6.80. The molecule has 0 aliphatic carbocycles. The Morgan fingerprint density at radius 2 is 1.58 bits per heavy atom. The second kappa shape index (κ2) is 10.0. The monoisotopic (exact) mass is 395 g/mol. The lowest BCUT2D eigenvalue weighted by atomic mass is 10.2. The van der Waals surface area contributed by atoms with E-state index in [-0.39, 0.29) is 0 Å². The molecule has 0 heterocycles. The highest BCUT2D eigenvalue weighted by Crippen LogP contribution is 2.60. The molecular formula is C19H26NO4PS. The molecule has 0 bridgehead atoms. The first-order valence-corrected chi connectivity index (χ1v) is 11.3. The van der Waals surface area contributed by atoms with E-state index in [9.17, 15) is 4.57 Å². The largest absolute Gasteiger partial charge is 0.497 e. The average molecular weight is 395 g/mol. The van der Waals surface area contributed by atoms with Crippen molar-refractivity contribution in [2.45, 2.75) is 24.5 Å². The first kappa shape index (κ1) is 20.8. The lowest BCUT2D eigenvalue weighted by Gasteiger charge is -2.28. The van der Waals surface area contributed by atoms with Crippen molar-refractivity contribution in [3.05, 3.63) is 54.1 Å². The Kier molecular flexibility index (Phi) is 8.04. The van der Waals surface area contributed by atoms with Gasteiger partial charge in [-0.15, -0.1) is 11.8 Å². The van der Waals surface area contributed by atoms with Gasteiger partial charge in [-0.1, -0.05) is 12.1 Å². The van der Waals surface area contributed by atoms with Gasteiger partial charge in [0.05, 0.1) is 20.3 Å². The fraction of sp³-hybridized carbons (Fsp3) is 0.368. The lowest BCUT2D eigenvalue weighted by molar-refractivity contribution is 0.214. The molecule has 0 spiro atoms. The van der Waals surface area contributed by atoms with Crippen LogP contribution in [0.25, 0.3) is 0 Å². The van der Waals surface area contributed by atoms with Crippen LogP contribution >= 0.6 is 19.4 Å². The first-order chi connectivity index (χ1) is 12.6. The van der Waals surface area contributed by atoms with Gasteiger partial charge in [0.1, 0.15) is 5.75 Å². The van der Waals surface area contributed by atoms with Crippen molar-refractivity contribution >= 4 is 25.0 Å². The minimum atomic E-state index is -3.41. The molecular weight excluding hydrogens is 369 g/mol. The lowest BCUT2D eigenvalue weighted by Crippen LogP contribution is -2.15. The van der Waals surface area contributed by atoms with E-state index in [1.54, 1.807) is 18.9 Å². The third-order valence-electron chi connectivity index (χ3n) is 3.76. The van der Waals surface area contributed by atoms with Crippen molar-refractivity contribution < 1.29 is 18.3 Å². The summed E-state index contributed by atoms with van der Waals surface area (Å²) < 4.78 is 29.9. The van der Waals surface area contributed by atoms with Gasteiger partial charge in [0.15, 0.2) is 5.78 Å². The molecule has 5 nitrogen and oxygen atoms in total. The summed E-state index contributed by atoms with van der Waals surface area (Å²) >= 11 is 1.66. The van der Waals surface area contributed by atoms with Crippen LogP contribution in [0.4, 0.5) is 5.69 Å². The van der Waals surface area contributed by atoms with Crippen molar-refractivity contribution in [2.24, 2.45) is 0 Å². The Hall–Kier alpha value is -1.46. The van der Waals surface area contributed by atoms with E-state index in [0.29, 0.717) is 13.2 Å².